The number of methoxy groups -OCH3 is 4. The van der Waals surface area contributed by atoms with Gasteiger partial charge in [-0.3, -0.25) is 19.2 Å². The third-order valence-corrected chi connectivity index (χ3v) is 10.8. The van der Waals surface area contributed by atoms with Crippen molar-refractivity contribution in [2.45, 2.75) is 44.1 Å². The SMILES string of the molecule is C=O.C=O.COCCCCOCCON(CCCOCCOC)C(=O)CN(CC(=O)N(CCCOCCOC)CCOCCOCCOC)C(=O)C[C@H](NC(=O)OCC1c2ccccc2-c2ccccc21)C(=O)O. The van der Waals surface area contributed by atoms with Crippen molar-refractivity contribution < 1.29 is 90.9 Å². The first-order valence-electron chi connectivity index (χ1n) is 24.4. The highest BCUT2D eigenvalue weighted by Gasteiger charge is 2.33. The molecule has 74 heavy (non-hydrogen) atoms. The minimum absolute atomic E-state index is 0.00375. The van der Waals surface area contributed by atoms with Crippen LogP contribution in [0.1, 0.15) is 49.1 Å². The first-order chi connectivity index (χ1) is 36.1. The van der Waals surface area contributed by atoms with Gasteiger partial charge in [0.2, 0.25) is 11.8 Å². The third-order valence-electron chi connectivity index (χ3n) is 10.8. The highest BCUT2D eigenvalue weighted by Crippen LogP contribution is 2.44. The Bertz CT molecular complexity index is 1730. The maximum absolute atomic E-state index is 14.3. The number of hydrogen-bond acceptors (Lipinski definition) is 18. The zero-order chi connectivity index (χ0) is 54.6. The number of amides is 4. The Morgan fingerprint density at radius 2 is 0.986 bits per heavy atom. The molecule has 0 heterocycles. The minimum atomic E-state index is -1.78. The van der Waals surface area contributed by atoms with Gasteiger partial charge in [0.15, 0.2) is 0 Å². The molecule has 0 radical (unpaired) electrons. The summed E-state index contributed by atoms with van der Waals surface area (Å²) < 4.78 is 53.9. The highest BCUT2D eigenvalue weighted by atomic mass is 16.7. The van der Waals surface area contributed by atoms with E-state index in [1.807, 2.05) is 62.1 Å². The molecule has 1 aliphatic rings. The molecule has 418 valence electrons. The number of rotatable bonds is 42. The summed E-state index contributed by atoms with van der Waals surface area (Å²) in [5.74, 6) is -3.97. The van der Waals surface area contributed by atoms with Gasteiger partial charge in [-0.1, -0.05) is 48.5 Å². The molecule has 23 nitrogen and oxygen atoms in total. The van der Waals surface area contributed by atoms with E-state index in [1.165, 1.54) is 4.90 Å². The van der Waals surface area contributed by atoms with Crippen molar-refractivity contribution in [3.8, 4) is 11.1 Å². The number of aliphatic carboxylic acids is 1. The van der Waals surface area contributed by atoms with E-state index >= 15 is 0 Å². The fourth-order valence-corrected chi connectivity index (χ4v) is 7.20. The molecule has 4 amide bonds. The molecule has 0 fully saturated rings. The lowest BCUT2D eigenvalue weighted by atomic mass is 9.98. The average molecular weight is 1050 g/mol. The molecule has 0 saturated carbocycles. The van der Waals surface area contributed by atoms with Gasteiger partial charge in [0.25, 0.3) is 5.91 Å². The number of carbonyl (C=O) groups is 7. The maximum Gasteiger partial charge on any atom is 0.407 e. The Balaban J connectivity index is 0.00000667. The maximum atomic E-state index is 14.3. The number of fused-ring (bicyclic) bond motifs is 3. The van der Waals surface area contributed by atoms with Gasteiger partial charge in [0.05, 0.1) is 85.6 Å². The van der Waals surface area contributed by atoms with Crippen LogP contribution >= 0.6 is 0 Å². The van der Waals surface area contributed by atoms with Gasteiger partial charge < -0.3 is 77.2 Å². The summed E-state index contributed by atoms with van der Waals surface area (Å²) in [5.41, 5.74) is 3.94. The molecule has 23 heteroatoms. The zero-order valence-corrected chi connectivity index (χ0v) is 43.7. The predicted octanol–water partition coefficient (Wildman–Crippen LogP) is 2.65. The number of carboxylic acids is 1. The lowest BCUT2D eigenvalue weighted by molar-refractivity contribution is -0.193. The smallest absolute Gasteiger partial charge is 0.407 e. The number of hydrogen-bond donors (Lipinski definition) is 2. The molecular weight excluding hydrogens is 973 g/mol. The number of unbranched alkanes of at least 4 members (excludes halogenated alkanes) is 1. The Hall–Kier alpha value is -5.47. The van der Waals surface area contributed by atoms with E-state index in [1.54, 1.807) is 28.4 Å². The van der Waals surface area contributed by atoms with Crippen LogP contribution in [0.3, 0.4) is 0 Å². The van der Waals surface area contributed by atoms with Crippen LogP contribution in [0, 0.1) is 0 Å². The van der Waals surface area contributed by atoms with E-state index in [9.17, 15) is 29.1 Å². The van der Waals surface area contributed by atoms with Gasteiger partial charge in [-0.2, -0.15) is 0 Å². The topological polar surface area (TPSA) is 263 Å². The lowest BCUT2D eigenvalue weighted by Gasteiger charge is -2.30. The number of hydroxylamine groups is 2. The monoisotopic (exact) mass is 1050 g/mol. The molecule has 3 rings (SSSR count). The van der Waals surface area contributed by atoms with Gasteiger partial charge >= 0.3 is 12.1 Å². The minimum Gasteiger partial charge on any atom is -0.480 e. The molecule has 0 aromatic heterocycles. The van der Waals surface area contributed by atoms with E-state index in [4.69, 9.17) is 61.8 Å². The van der Waals surface area contributed by atoms with E-state index in [-0.39, 0.29) is 65.2 Å². The molecule has 2 N–H and O–H groups in total. The summed E-state index contributed by atoms with van der Waals surface area (Å²) in [5, 5.41) is 13.7. The van der Waals surface area contributed by atoms with E-state index in [0.717, 1.165) is 45.1 Å². The molecule has 0 spiro atoms. The Kier molecular flexibility index (Phi) is 39.5. The largest absolute Gasteiger partial charge is 0.480 e. The van der Waals surface area contributed by atoms with Crippen LogP contribution in [-0.2, 0) is 81.0 Å². The molecule has 1 atom stereocenters. The predicted molar refractivity (Wildman–Crippen MR) is 269 cm³/mol. The van der Waals surface area contributed by atoms with Gasteiger partial charge in [-0.15, -0.1) is 0 Å². The first-order valence-corrected chi connectivity index (χ1v) is 24.4. The molecule has 0 unspecified atom stereocenters. The summed E-state index contributed by atoms with van der Waals surface area (Å²) in [4.78, 5) is 92.9. The fraction of sp³-hybridized carbons (Fsp3) is 0.627. The van der Waals surface area contributed by atoms with Crippen molar-refractivity contribution in [3.63, 3.8) is 0 Å². The summed E-state index contributed by atoms with van der Waals surface area (Å²) in [7, 11) is 6.32. The summed E-state index contributed by atoms with van der Waals surface area (Å²) in [6, 6.07) is 13.7. The van der Waals surface area contributed by atoms with Crippen LogP contribution in [0.15, 0.2) is 48.5 Å². The van der Waals surface area contributed by atoms with E-state index < -0.39 is 55.3 Å². The third kappa shape index (κ3) is 27.7. The van der Waals surface area contributed by atoms with Crippen LogP contribution in [0.25, 0.3) is 11.1 Å². The molecule has 1 aliphatic carbocycles. The number of nitrogens with one attached hydrogen (secondary N) is 1. The number of benzene rings is 2. The van der Waals surface area contributed by atoms with Crippen molar-refractivity contribution in [2.75, 3.05) is 167 Å². The first kappa shape index (κ1) is 66.5. The second-order valence-corrected chi connectivity index (χ2v) is 16.0. The van der Waals surface area contributed by atoms with E-state index in [2.05, 4.69) is 5.32 Å². The Morgan fingerprint density at radius 1 is 0.527 bits per heavy atom. The van der Waals surface area contributed by atoms with Crippen molar-refractivity contribution >= 4 is 43.4 Å². The van der Waals surface area contributed by atoms with Crippen LogP contribution in [-0.4, -0.2) is 236 Å². The molecule has 0 aliphatic heterocycles. The average Bonchev–Trinajstić information content (AvgIpc) is 3.73. The zero-order valence-electron chi connectivity index (χ0n) is 43.7. The Morgan fingerprint density at radius 3 is 1.54 bits per heavy atom. The van der Waals surface area contributed by atoms with E-state index in [0.29, 0.717) is 78.9 Å². The highest BCUT2D eigenvalue weighted by molar-refractivity contribution is 5.92. The normalized spacial score (nSPS) is 11.7. The molecular formula is C51H80N4O19. The molecule has 2 aromatic rings. The van der Waals surface area contributed by atoms with Gasteiger partial charge in [0.1, 0.15) is 39.3 Å². The van der Waals surface area contributed by atoms with Crippen molar-refractivity contribution in [2.24, 2.45) is 0 Å². The Labute approximate surface area is 435 Å². The second kappa shape index (κ2) is 43.9. The number of ether oxygens (including phenoxy) is 10. The quantitative estimate of drug-likeness (QED) is 0.0715. The lowest BCUT2D eigenvalue weighted by Crippen LogP contribution is -2.51. The fourth-order valence-electron chi connectivity index (χ4n) is 7.20. The summed E-state index contributed by atoms with van der Waals surface area (Å²) >= 11 is 0. The van der Waals surface area contributed by atoms with Crippen molar-refractivity contribution in [1.82, 2.24) is 20.2 Å². The van der Waals surface area contributed by atoms with Crippen LogP contribution in [0.5, 0.6) is 0 Å². The number of carboxylic acid groups (broad SMARTS) is 1. The van der Waals surface area contributed by atoms with Crippen LogP contribution < -0.4 is 5.32 Å². The van der Waals surface area contributed by atoms with Gasteiger partial charge in [-0.25, -0.2) is 14.7 Å². The standard InChI is InChI=1S/C49H76N4O17.2CH2O/c1-60-20-9-10-21-64-33-34-70-53(18-12-23-66-29-26-62-3)47(56)37-52(36-46(55)51(17-11-22-65-28-25-61-2)19-24-67-31-32-68-30-27-63-4)45(54)35-44(48(57)58)50-49(59)69-38-43-41-15-7-5-13-39(41)40-14-6-8-16-42(40)43;2*1-2/h5-8,13-16,43-44H,9-12,17-38H2,1-4H3,(H,50,59)(H,57,58);2*1H2/t44-;;/m0../s1. The summed E-state index contributed by atoms with van der Waals surface area (Å²) in [6.07, 6.45) is 0.483. The number of nitrogens with zero attached hydrogens (tertiary/aromatic N) is 3. The molecule has 2 aromatic carbocycles. The van der Waals surface area contributed by atoms with Crippen LogP contribution in [0.4, 0.5) is 4.79 Å². The molecule has 0 saturated heterocycles. The summed E-state index contributed by atoms with van der Waals surface area (Å²) in [6.45, 7) is 7.77. The van der Waals surface area contributed by atoms with Gasteiger partial charge in [0, 0.05) is 73.9 Å². The van der Waals surface area contributed by atoms with Crippen molar-refractivity contribution in [3.05, 3.63) is 59.7 Å². The van der Waals surface area contributed by atoms with Crippen LogP contribution in [0.2, 0.25) is 0 Å². The second-order valence-electron chi connectivity index (χ2n) is 16.0. The number of alkyl carbamates (subject to hydrolysis) is 1. The number of carbonyl (C=O) groups excluding carboxylic acids is 6. The molecule has 0 bridgehead atoms. The van der Waals surface area contributed by atoms with Gasteiger partial charge in [-0.05, 0) is 47.9 Å². The van der Waals surface area contributed by atoms with Crippen molar-refractivity contribution in [1.29, 1.82) is 0 Å².